The predicted molar refractivity (Wildman–Crippen MR) is 172 cm³/mol. The first-order chi connectivity index (χ1) is 19.6. The van der Waals surface area contributed by atoms with Crippen LogP contribution in [0.4, 0.5) is 0 Å². The van der Waals surface area contributed by atoms with Crippen LogP contribution < -0.4 is 0 Å². The Balaban J connectivity index is 1.35. The average molecular weight is 531 g/mol. The van der Waals surface area contributed by atoms with Crippen molar-refractivity contribution in [2.24, 2.45) is 0 Å². The monoisotopic (exact) mass is 530 g/mol. The van der Waals surface area contributed by atoms with E-state index in [1.54, 1.807) is 0 Å². The summed E-state index contributed by atoms with van der Waals surface area (Å²) in [6.07, 6.45) is 0. The summed E-state index contributed by atoms with van der Waals surface area (Å²) in [6.45, 7) is 4.35. The number of hydrogen-bond donors (Lipinski definition) is 0. The van der Waals surface area contributed by atoms with Crippen LogP contribution in [0.2, 0.25) is 0 Å². The van der Waals surface area contributed by atoms with Gasteiger partial charge in [0.25, 0.3) is 0 Å². The third kappa shape index (κ3) is 3.66. The summed E-state index contributed by atoms with van der Waals surface area (Å²) in [5.41, 5.74) is 9.52. The van der Waals surface area contributed by atoms with Crippen LogP contribution in [0.15, 0.2) is 121 Å². The molecule has 190 valence electrons. The Morgan fingerprint density at radius 1 is 0.600 bits per heavy atom. The van der Waals surface area contributed by atoms with Crippen molar-refractivity contribution in [1.29, 1.82) is 0 Å². The van der Waals surface area contributed by atoms with Crippen LogP contribution in [0, 0.1) is 13.8 Å². The highest BCUT2D eigenvalue weighted by Gasteiger charge is 2.17. The Kier molecular flexibility index (Phi) is 5.16. The van der Waals surface area contributed by atoms with Crippen LogP contribution in [0.3, 0.4) is 0 Å². The Morgan fingerprint density at radius 3 is 2.27 bits per heavy atom. The second-order valence-corrected chi connectivity index (χ2v) is 11.7. The van der Waals surface area contributed by atoms with Gasteiger partial charge in [-0.1, -0.05) is 90.0 Å². The summed E-state index contributed by atoms with van der Waals surface area (Å²) in [5, 5.41) is 5.04. The highest BCUT2D eigenvalue weighted by Crippen LogP contribution is 2.42. The van der Waals surface area contributed by atoms with E-state index in [-0.39, 0.29) is 0 Å². The van der Waals surface area contributed by atoms with E-state index in [4.69, 9.17) is 4.98 Å². The van der Waals surface area contributed by atoms with E-state index in [2.05, 4.69) is 140 Å². The van der Waals surface area contributed by atoms with Crippen LogP contribution in [-0.2, 0) is 0 Å². The highest BCUT2D eigenvalue weighted by molar-refractivity contribution is 7.26. The number of thiophene rings is 1. The first-order valence-electron chi connectivity index (χ1n) is 13.6. The molecule has 0 aliphatic carbocycles. The molecule has 0 radical (unpaired) electrons. The Morgan fingerprint density at radius 2 is 1.40 bits per heavy atom. The molecule has 0 aliphatic rings. The molecule has 40 heavy (non-hydrogen) atoms. The van der Waals surface area contributed by atoms with E-state index in [0.717, 1.165) is 28.1 Å². The minimum Gasteiger partial charge on any atom is -0.292 e. The molecular formula is C37H26N2S. The first kappa shape index (κ1) is 23.2. The van der Waals surface area contributed by atoms with Crippen molar-refractivity contribution in [3.8, 4) is 28.2 Å². The SMILES string of the molecule is Cc1cc(C)cc(-c2cccc3c2sc2ccc(-c4nc5ccccc5n4-c4ccc5ccccc5c4)cc23)c1. The quantitative estimate of drug-likeness (QED) is 0.222. The average Bonchev–Trinajstić information content (AvgIpc) is 3.55. The summed E-state index contributed by atoms with van der Waals surface area (Å²) in [6, 6.07) is 44.0. The Hall–Kier alpha value is -4.73. The second kappa shape index (κ2) is 8.90. The van der Waals surface area contributed by atoms with E-state index in [0.29, 0.717) is 0 Å². The second-order valence-electron chi connectivity index (χ2n) is 10.7. The largest absolute Gasteiger partial charge is 0.292 e. The van der Waals surface area contributed by atoms with E-state index in [9.17, 15) is 0 Å². The van der Waals surface area contributed by atoms with Crippen LogP contribution in [0.25, 0.3) is 70.2 Å². The number of hydrogen-bond acceptors (Lipinski definition) is 2. The number of nitrogens with zero attached hydrogens (tertiary/aromatic N) is 2. The number of aromatic nitrogens is 2. The topological polar surface area (TPSA) is 17.8 Å². The molecule has 2 nitrogen and oxygen atoms in total. The van der Waals surface area contributed by atoms with Crippen molar-refractivity contribution in [2.45, 2.75) is 13.8 Å². The van der Waals surface area contributed by atoms with Gasteiger partial charge in [-0.05, 0) is 78.2 Å². The first-order valence-corrected chi connectivity index (χ1v) is 14.4. The standard InChI is InChI=1S/C37H26N2S/c1-23-18-24(2)20-28(19-23)30-10-7-11-31-32-22-27(15-17-35(32)40-36(30)31)37-38-33-12-5-6-13-34(33)39(37)29-16-14-25-8-3-4-9-26(25)21-29/h3-22H,1-2H3. The molecule has 3 heteroatoms. The molecule has 2 heterocycles. The molecule has 0 bridgehead atoms. The number of para-hydroxylation sites is 2. The van der Waals surface area contributed by atoms with Gasteiger partial charge in [-0.25, -0.2) is 4.98 Å². The van der Waals surface area contributed by atoms with Gasteiger partial charge in [-0.15, -0.1) is 11.3 Å². The van der Waals surface area contributed by atoms with E-state index < -0.39 is 0 Å². The van der Waals surface area contributed by atoms with Crippen LogP contribution in [0.5, 0.6) is 0 Å². The molecule has 8 aromatic rings. The molecule has 0 saturated carbocycles. The molecule has 8 rings (SSSR count). The van der Waals surface area contributed by atoms with Gasteiger partial charge in [0.15, 0.2) is 0 Å². The molecule has 0 amide bonds. The molecule has 0 N–H and O–H groups in total. The van der Waals surface area contributed by atoms with Crippen molar-refractivity contribution in [3.05, 3.63) is 132 Å². The van der Waals surface area contributed by atoms with Gasteiger partial charge >= 0.3 is 0 Å². The molecule has 2 aromatic heterocycles. The minimum absolute atomic E-state index is 0.961. The zero-order valence-corrected chi connectivity index (χ0v) is 23.2. The summed E-state index contributed by atoms with van der Waals surface area (Å²) in [5.74, 6) is 0.961. The van der Waals surface area contributed by atoms with Crippen molar-refractivity contribution >= 4 is 53.3 Å². The van der Waals surface area contributed by atoms with Gasteiger partial charge in [0, 0.05) is 31.4 Å². The smallest absolute Gasteiger partial charge is 0.145 e. The summed E-state index contributed by atoms with van der Waals surface area (Å²) >= 11 is 1.88. The summed E-state index contributed by atoms with van der Waals surface area (Å²) < 4.78 is 4.94. The molecular weight excluding hydrogens is 504 g/mol. The number of aryl methyl sites for hydroxylation is 2. The summed E-state index contributed by atoms with van der Waals surface area (Å²) in [7, 11) is 0. The number of rotatable bonds is 3. The third-order valence-corrected chi connectivity index (χ3v) is 9.06. The Bertz CT molecular complexity index is 2230. The molecule has 0 fully saturated rings. The molecule has 0 aliphatic heterocycles. The van der Waals surface area contributed by atoms with Gasteiger partial charge < -0.3 is 0 Å². The van der Waals surface area contributed by atoms with Crippen molar-refractivity contribution in [2.75, 3.05) is 0 Å². The van der Waals surface area contributed by atoms with Crippen molar-refractivity contribution < 1.29 is 0 Å². The number of fused-ring (bicyclic) bond motifs is 5. The minimum atomic E-state index is 0.961. The number of benzene rings is 6. The van der Waals surface area contributed by atoms with Gasteiger partial charge in [-0.2, -0.15) is 0 Å². The normalized spacial score (nSPS) is 11.8. The van der Waals surface area contributed by atoms with E-state index >= 15 is 0 Å². The molecule has 0 spiro atoms. The van der Waals surface area contributed by atoms with Crippen LogP contribution >= 0.6 is 11.3 Å². The van der Waals surface area contributed by atoms with Crippen LogP contribution in [0.1, 0.15) is 11.1 Å². The maximum absolute atomic E-state index is 5.16. The van der Waals surface area contributed by atoms with Gasteiger partial charge in [0.1, 0.15) is 5.82 Å². The zero-order chi connectivity index (χ0) is 26.8. The fraction of sp³-hybridized carbons (Fsp3) is 0.0541. The summed E-state index contributed by atoms with van der Waals surface area (Å²) in [4.78, 5) is 5.16. The lowest BCUT2D eigenvalue weighted by atomic mass is 9.99. The zero-order valence-electron chi connectivity index (χ0n) is 22.3. The van der Waals surface area contributed by atoms with E-state index in [1.165, 1.54) is 53.2 Å². The maximum atomic E-state index is 5.16. The van der Waals surface area contributed by atoms with Gasteiger partial charge in [-0.3, -0.25) is 4.57 Å². The van der Waals surface area contributed by atoms with Crippen molar-refractivity contribution in [3.63, 3.8) is 0 Å². The predicted octanol–water partition coefficient (Wildman–Crippen LogP) is 10.5. The number of imidazole rings is 1. The molecule has 0 atom stereocenters. The lowest BCUT2D eigenvalue weighted by Crippen LogP contribution is -1.97. The highest BCUT2D eigenvalue weighted by atomic mass is 32.1. The fourth-order valence-corrected chi connectivity index (χ4v) is 7.31. The van der Waals surface area contributed by atoms with Crippen molar-refractivity contribution in [1.82, 2.24) is 9.55 Å². The molecule has 6 aromatic carbocycles. The van der Waals surface area contributed by atoms with E-state index in [1.807, 2.05) is 11.3 Å². The molecule has 0 saturated heterocycles. The lowest BCUT2D eigenvalue weighted by Gasteiger charge is -2.11. The lowest BCUT2D eigenvalue weighted by molar-refractivity contribution is 1.11. The Labute approximate surface area is 236 Å². The molecule has 0 unspecified atom stereocenters. The van der Waals surface area contributed by atoms with Gasteiger partial charge in [0.2, 0.25) is 0 Å². The third-order valence-electron chi connectivity index (χ3n) is 7.84. The van der Waals surface area contributed by atoms with Gasteiger partial charge in [0.05, 0.1) is 11.0 Å². The fourth-order valence-electron chi connectivity index (χ4n) is 6.09. The van der Waals surface area contributed by atoms with Crippen LogP contribution in [-0.4, -0.2) is 9.55 Å². The maximum Gasteiger partial charge on any atom is 0.145 e.